The third-order valence-corrected chi connectivity index (χ3v) is 4.39. The molecule has 1 atom stereocenters. The SMILES string of the molecule is COCC1(N(C)CC(=O)N[C@@H](C)c2ccc(C)cc2)CC1. The van der Waals surface area contributed by atoms with Crippen LogP contribution in [0, 0.1) is 6.92 Å². The molecule has 0 bridgehead atoms. The first-order valence-electron chi connectivity index (χ1n) is 7.53. The summed E-state index contributed by atoms with van der Waals surface area (Å²) < 4.78 is 5.26. The lowest BCUT2D eigenvalue weighted by molar-refractivity contribution is -0.123. The van der Waals surface area contributed by atoms with Gasteiger partial charge in [0.05, 0.1) is 19.2 Å². The van der Waals surface area contributed by atoms with Crippen molar-refractivity contribution in [3.8, 4) is 0 Å². The summed E-state index contributed by atoms with van der Waals surface area (Å²) in [6, 6.07) is 8.31. The van der Waals surface area contributed by atoms with E-state index in [4.69, 9.17) is 4.74 Å². The molecule has 1 amide bonds. The first-order chi connectivity index (χ1) is 9.97. The summed E-state index contributed by atoms with van der Waals surface area (Å²) in [5, 5.41) is 3.07. The number of likely N-dealkylation sites (N-methyl/N-ethyl adjacent to an activating group) is 1. The number of carbonyl (C=O) groups is 1. The molecule has 0 heterocycles. The zero-order valence-electron chi connectivity index (χ0n) is 13.5. The van der Waals surface area contributed by atoms with Crippen molar-refractivity contribution >= 4 is 5.91 Å². The molecule has 0 saturated heterocycles. The van der Waals surface area contributed by atoms with Crippen molar-refractivity contribution in [2.75, 3.05) is 27.3 Å². The molecule has 0 unspecified atom stereocenters. The highest BCUT2D eigenvalue weighted by atomic mass is 16.5. The van der Waals surface area contributed by atoms with Crippen LogP contribution in [0.2, 0.25) is 0 Å². The summed E-state index contributed by atoms with van der Waals surface area (Å²) in [6.07, 6.45) is 2.22. The Bertz CT molecular complexity index is 480. The van der Waals surface area contributed by atoms with E-state index in [0.29, 0.717) is 13.2 Å². The molecule has 4 nitrogen and oxygen atoms in total. The molecular weight excluding hydrogens is 264 g/mol. The van der Waals surface area contributed by atoms with Crippen molar-refractivity contribution in [1.29, 1.82) is 0 Å². The normalized spacial score (nSPS) is 17.6. The molecular formula is C17H26N2O2. The Labute approximate surface area is 127 Å². The van der Waals surface area contributed by atoms with Crippen LogP contribution < -0.4 is 5.32 Å². The van der Waals surface area contributed by atoms with Gasteiger partial charge in [-0.1, -0.05) is 29.8 Å². The molecule has 1 aliphatic rings. The minimum Gasteiger partial charge on any atom is -0.383 e. The minimum atomic E-state index is 0.0316. The number of ether oxygens (including phenoxy) is 1. The Morgan fingerprint density at radius 2 is 2.00 bits per heavy atom. The van der Waals surface area contributed by atoms with E-state index in [1.54, 1.807) is 7.11 Å². The summed E-state index contributed by atoms with van der Waals surface area (Å²) in [7, 11) is 3.72. The lowest BCUT2D eigenvalue weighted by Gasteiger charge is -2.27. The van der Waals surface area contributed by atoms with E-state index in [0.717, 1.165) is 18.4 Å². The van der Waals surface area contributed by atoms with E-state index < -0.39 is 0 Å². The van der Waals surface area contributed by atoms with E-state index in [-0.39, 0.29) is 17.5 Å². The van der Waals surface area contributed by atoms with Crippen LogP contribution in [0.4, 0.5) is 0 Å². The number of aryl methyl sites for hydroxylation is 1. The van der Waals surface area contributed by atoms with E-state index in [1.165, 1.54) is 5.56 Å². The number of hydrogen-bond donors (Lipinski definition) is 1. The Morgan fingerprint density at radius 1 is 1.38 bits per heavy atom. The zero-order valence-corrected chi connectivity index (χ0v) is 13.5. The molecule has 0 spiro atoms. The second kappa shape index (κ2) is 6.58. The maximum Gasteiger partial charge on any atom is 0.234 e. The predicted octanol–water partition coefficient (Wildman–Crippen LogP) is 2.28. The second-order valence-electron chi connectivity index (χ2n) is 6.21. The molecule has 21 heavy (non-hydrogen) atoms. The lowest BCUT2D eigenvalue weighted by Crippen LogP contribution is -2.44. The number of benzene rings is 1. The molecule has 116 valence electrons. The molecule has 1 saturated carbocycles. The Balaban J connectivity index is 1.85. The maximum atomic E-state index is 12.2. The highest BCUT2D eigenvalue weighted by molar-refractivity contribution is 5.78. The fraction of sp³-hybridized carbons (Fsp3) is 0.588. The summed E-state index contributed by atoms with van der Waals surface area (Å²) in [5.41, 5.74) is 2.45. The van der Waals surface area contributed by atoms with Gasteiger partial charge in [-0.3, -0.25) is 9.69 Å². The van der Waals surface area contributed by atoms with Gasteiger partial charge in [-0.2, -0.15) is 0 Å². The van der Waals surface area contributed by atoms with Gasteiger partial charge in [-0.05, 0) is 39.3 Å². The average molecular weight is 290 g/mol. The number of nitrogens with zero attached hydrogens (tertiary/aromatic N) is 1. The monoisotopic (exact) mass is 290 g/mol. The van der Waals surface area contributed by atoms with Crippen LogP contribution in [0.1, 0.15) is 36.9 Å². The van der Waals surface area contributed by atoms with Crippen LogP contribution in [0.15, 0.2) is 24.3 Å². The first-order valence-corrected chi connectivity index (χ1v) is 7.53. The van der Waals surface area contributed by atoms with E-state index in [9.17, 15) is 4.79 Å². The molecule has 1 aromatic rings. The summed E-state index contributed by atoms with van der Waals surface area (Å²) in [4.78, 5) is 14.3. The topological polar surface area (TPSA) is 41.6 Å². The standard InChI is InChI=1S/C17H26N2O2/c1-13-5-7-15(8-6-13)14(2)18-16(20)11-19(3)17(9-10-17)12-21-4/h5-8,14H,9-12H2,1-4H3,(H,18,20)/t14-/m0/s1. The quantitative estimate of drug-likeness (QED) is 0.837. The van der Waals surface area contributed by atoms with Gasteiger partial charge in [0.15, 0.2) is 0 Å². The van der Waals surface area contributed by atoms with Crippen molar-refractivity contribution in [1.82, 2.24) is 10.2 Å². The van der Waals surface area contributed by atoms with Gasteiger partial charge < -0.3 is 10.1 Å². The molecule has 0 aromatic heterocycles. The van der Waals surface area contributed by atoms with Crippen LogP contribution in [-0.4, -0.2) is 43.7 Å². The molecule has 1 aliphatic carbocycles. The Kier molecular flexibility index (Phi) is 5.01. The van der Waals surface area contributed by atoms with Crippen molar-refractivity contribution in [3.05, 3.63) is 35.4 Å². The minimum absolute atomic E-state index is 0.0316. The lowest BCUT2D eigenvalue weighted by atomic mass is 10.1. The van der Waals surface area contributed by atoms with Gasteiger partial charge in [0, 0.05) is 12.6 Å². The van der Waals surface area contributed by atoms with Crippen molar-refractivity contribution in [3.63, 3.8) is 0 Å². The second-order valence-corrected chi connectivity index (χ2v) is 6.21. The molecule has 1 fully saturated rings. The number of hydrogen-bond acceptors (Lipinski definition) is 3. The third-order valence-electron chi connectivity index (χ3n) is 4.39. The molecule has 2 rings (SSSR count). The predicted molar refractivity (Wildman–Crippen MR) is 84.2 cm³/mol. The smallest absolute Gasteiger partial charge is 0.234 e. The first kappa shape index (κ1) is 16.0. The van der Waals surface area contributed by atoms with Gasteiger partial charge in [-0.15, -0.1) is 0 Å². The van der Waals surface area contributed by atoms with Crippen LogP contribution in [0.3, 0.4) is 0 Å². The van der Waals surface area contributed by atoms with Gasteiger partial charge in [-0.25, -0.2) is 0 Å². The van der Waals surface area contributed by atoms with Crippen LogP contribution in [0.5, 0.6) is 0 Å². The summed E-state index contributed by atoms with van der Waals surface area (Å²) in [5.74, 6) is 0.0629. The van der Waals surface area contributed by atoms with Crippen LogP contribution >= 0.6 is 0 Å². The summed E-state index contributed by atoms with van der Waals surface area (Å²) >= 11 is 0. The van der Waals surface area contributed by atoms with Gasteiger partial charge in [0.25, 0.3) is 0 Å². The van der Waals surface area contributed by atoms with E-state index in [2.05, 4.69) is 41.4 Å². The highest BCUT2D eigenvalue weighted by Crippen LogP contribution is 2.40. The Hall–Kier alpha value is -1.39. The molecule has 0 aliphatic heterocycles. The van der Waals surface area contributed by atoms with Crippen molar-refractivity contribution in [2.45, 2.75) is 38.3 Å². The van der Waals surface area contributed by atoms with Crippen LogP contribution in [-0.2, 0) is 9.53 Å². The van der Waals surface area contributed by atoms with E-state index in [1.807, 2.05) is 14.0 Å². The highest BCUT2D eigenvalue weighted by Gasteiger charge is 2.46. The number of rotatable bonds is 7. The van der Waals surface area contributed by atoms with Gasteiger partial charge >= 0.3 is 0 Å². The number of amides is 1. The third kappa shape index (κ3) is 4.05. The largest absolute Gasteiger partial charge is 0.383 e. The van der Waals surface area contributed by atoms with Gasteiger partial charge in [0.2, 0.25) is 5.91 Å². The van der Waals surface area contributed by atoms with Crippen molar-refractivity contribution in [2.24, 2.45) is 0 Å². The fourth-order valence-electron chi connectivity index (χ4n) is 2.66. The number of methoxy groups -OCH3 is 1. The molecule has 1 aromatic carbocycles. The molecule has 0 radical (unpaired) electrons. The van der Waals surface area contributed by atoms with Gasteiger partial charge in [0.1, 0.15) is 0 Å². The molecule has 4 heteroatoms. The van der Waals surface area contributed by atoms with Crippen LogP contribution in [0.25, 0.3) is 0 Å². The average Bonchev–Trinajstić information content (AvgIpc) is 3.20. The van der Waals surface area contributed by atoms with Crippen molar-refractivity contribution < 1.29 is 9.53 Å². The number of nitrogens with one attached hydrogen (secondary N) is 1. The maximum absolute atomic E-state index is 12.2. The zero-order chi connectivity index (χ0) is 15.5. The fourth-order valence-corrected chi connectivity index (χ4v) is 2.66. The Morgan fingerprint density at radius 3 is 2.52 bits per heavy atom. The number of carbonyl (C=O) groups excluding carboxylic acids is 1. The summed E-state index contributed by atoms with van der Waals surface area (Å²) in [6.45, 7) is 5.20. The van der Waals surface area contributed by atoms with E-state index >= 15 is 0 Å². The molecule has 1 N–H and O–H groups in total.